The van der Waals surface area contributed by atoms with Crippen molar-refractivity contribution in [3.05, 3.63) is 0 Å². The predicted molar refractivity (Wildman–Crippen MR) is 77.6 cm³/mol. The number of amides is 2. The maximum atomic E-state index is 11.6. The fraction of sp³-hybridized carbons (Fsp3) is 0.900. The average Bonchev–Trinajstić information content (AvgIpc) is 2.43. The van der Waals surface area contributed by atoms with E-state index < -0.39 is 52.2 Å². The first kappa shape index (κ1) is 19.4. The Bertz CT molecular complexity index is 472. The van der Waals surface area contributed by atoms with E-state index in [0.29, 0.717) is 10.8 Å². The highest BCUT2D eigenvalue weighted by atomic mass is 33.1. The lowest BCUT2D eigenvalue weighted by molar-refractivity contribution is -0.233. The minimum absolute atomic E-state index is 0.0565. The Morgan fingerprint density at radius 2 is 1.86 bits per heavy atom. The SMILES string of the molecule is CS(=O)(=O)SCCNC(=O)N[C@@H]1O[C@@H](CO)[C@H](O)[C@H](O)[C@@H]1O. The predicted octanol–water partition coefficient (Wildman–Crippen LogP) is -3.22. The number of rotatable bonds is 6. The molecule has 12 heteroatoms. The first-order valence-corrected chi connectivity index (χ1v) is 9.74. The summed E-state index contributed by atoms with van der Waals surface area (Å²) in [6.07, 6.45) is -6.06. The molecule has 1 aliphatic heterocycles. The van der Waals surface area contributed by atoms with Crippen LogP contribution >= 0.6 is 10.8 Å². The molecule has 0 spiro atoms. The number of aliphatic hydroxyl groups is 4. The van der Waals surface area contributed by atoms with Crippen LogP contribution in [0.25, 0.3) is 0 Å². The van der Waals surface area contributed by atoms with E-state index in [-0.39, 0.29) is 12.3 Å². The van der Waals surface area contributed by atoms with Gasteiger partial charge in [-0.1, -0.05) is 0 Å². The summed E-state index contributed by atoms with van der Waals surface area (Å²) in [5.74, 6) is 0.140. The van der Waals surface area contributed by atoms with E-state index >= 15 is 0 Å². The molecule has 0 saturated carbocycles. The van der Waals surface area contributed by atoms with Crippen molar-refractivity contribution < 1.29 is 38.4 Å². The van der Waals surface area contributed by atoms with Crippen LogP contribution in [-0.4, -0.2) is 90.7 Å². The lowest BCUT2D eigenvalue weighted by atomic mass is 9.98. The van der Waals surface area contributed by atoms with Crippen LogP contribution in [0.15, 0.2) is 0 Å². The Hall–Kier alpha value is -0.630. The van der Waals surface area contributed by atoms with E-state index in [1.165, 1.54) is 0 Å². The molecular weight excluding hydrogens is 340 g/mol. The summed E-state index contributed by atoms with van der Waals surface area (Å²) in [6.45, 7) is -0.545. The van der Waals surface area contributed by atoms with Gasteiger partial charge in [0, 0.05) is 18.6 Å². The Morgan fingerprint density at radius 1 is 1.23 bits per heavy atom. The second kappa shape index (κ2) is 8.29. The summed E-state index contributed by atoms with van der Waals surface area (Å²) >= 11 is 0. The van der Waals surface area contributed by atoms with Gasteiger partial charge >= 0.3 is 6.03 Å². The van der Waals surface area contributed by atoms with Crippen LogP contribution in [0.1, 0.15) is 0 Å². The minimum Gasteiger partial charge on any atom is -0.394 e. The fourth-order valence-electron chi connectivity index (χ4n) is 1.76. The van der Waals surface area contributed by atoms with Gasteiger partial charge in [0.25, 0.3) is 0 Å². The van der Waals surface area contributed by atoms with E-state index in [2.05, 4.69) is 10.6 Å². The second-order valence-corrected chi connectivity index (χ2v) is 9.25. The van der Waals surface area contributed by atoms with E-state index in [1.54, 1.807) is 0 Å². The van der Waals surface area contributed by atoms with Gasteiger partial charge in [0.2, 0.25) is 0 Å². The number of carbonyl (C=O) groups is 1. The molecule has 0 aliphatic carbocycles. The van der Waals surface area contributed by atoms with Gasteiger partial charge in [0.15, 0.2) is 15.1 Å². The molecule has 1 saturated heterocycles. The molecule has 0 aromatic carbocycles. The quantitative estimate of drug-likeness (QED) is 0.211. The lowest BCUT2D eigenvalue weighted by Crippen LogP contribution is -2.64. The van der Waals surface area contributed by atoms with Crippen LogP contribution in [0.4, 0.5) is 4.79 Å². The Kier molecular flexibility index (Phi) is 7.31. The highest BCUT2D eigenvalue weighted by Gasteiger charge is 2.43. The van der Waals surface area contributed by atoms with Crippen LogP contribution in [0.5, 0.6) is 0 Å². The molecule has 1 heterocycles. The zero-order valence-electron chi connectivity index (χ0n) is 11.7. The molecule has 6 N–H and O–H groups in total. The molecule has 0 aromatic rings. The van der Waals surface area contributed by atoms with Gasteiger partial charge < -0.3 is 35.8 Å². The monoisotopic (exact) mass is 360 g/mol. The third-order valence-electron chi connectivity index (χ3n) is 2.85. The topological polar surface area (TPSA) is 165 Å². The number of hydrogen-bond acceptors (Lipinski definition) is 9. The summed E-state index contributed by atoms with van der Waals surface area (Å²) in [6, 6.07) is -0.751. The van der Waals surface area contributed by atoms with Crippen molar-refractivity contribution in [3.63, 3.8) is 0 Å². The van der Waals surface area contributed by atoms with E-state index in [1.807, 2.05) is 0 Å². The van der Waals surface area contributed by atoms with Crippen molar-refractivity contribution in [1.82, 2.24) is 10.6 Å². The van der Waals surface area contributed by atoms with E-state index in [9.17, 15) is 28.5 Å². The summed E-state index contributed by atoms with van der Waals surface area (Å²) in [5, 5.41) is 42.4. The van der Waals surface area contributed by atoms with Gasteiger partial charge in [-0.15, -0.1) is 0 Å². The number of hydrogen-bond donors (Lipinski definition) is 6. The second-order valence-electron chi connectivity index (χ2n) is 4.68. The van der Waals surface area contributed by atoms with Gasteiger partial charge in [-0.25, -0.2) is 13.2 Å². The summed E-state index contributed by atoms with van der Waals surface area (Å²) in [4.78, 5) is 11.6. The Labute approximate surface area is 131 Å². The standard InChI is InChI=1S/C10H20N2O8S2/c1-22(18,19)21-3-2-11-10(17)12-9-8(16)7(15)6(14)5(4-13)20-9/h5-9,13-16H,2-4H2,1H3,(H2,11,12,17)/t5-,6-,7-,8-,9+/m0/s1. The van der Waals surface area contributed by atoms with Crippen LogP contribution in [0.3, 0.4) is 0 Å². The zero-order valence-corrected chi connectivity index (χ0v) is 13.4. The molecule has 22 heavy (non-hydrogen) atoms. The molecule has 5 atom stereocenters. The Morgan fingerprint density at radius 3 is 2.41 bits per heavy atom. The fourth-order valence-corrected chi connectivity index (χ4v) is 3.41. The van der Waals surface area contributed by atoms with Crippen molar-refractivity contribution in [1.29, 1.82) is 0 Å². The van der Waals surface area contributed by atoms with Crippen LogP contribution < -0.4 is 10.6 Å². The first-order chi connectivity index (χ1) is 10.2. The number of nitrogens with one attached hydrogen (secondary N) is 2. The van der Waals surface area contributed by atoms with Crippen LogP contribution in [0.2, 0.25) is 0 Å². The molecule has 1 rings (SSSR count). The van der Waals surface area contributed by atoms with Gasteiger partial charge in [0.05, 0.1) is 6.61 Å². The largest absolute Gasteiger partial charge is 0.394 e. The van der Waals surface area contributed by atoms with Gasteiger partial charge in [-0.05, 0) is 10.8 Å². The maximum Gasteiger partial charge on any atom is 0.316 e. The van der Waals surface area contributed by atoms with Crippen molar-refractivity contribution in [2.75, 3.05) is 25.2 Å². The smallest absolute Gasteiger partial charge is 0.316 e. The van der Waals surface area contributed by atoms with Gasteiger partial charge in [0.1, 0.15) is 24.4 Å². The minimum atomic E-state index is -3.19. The zero-order chi connectivity index (χ0) is 16.9. The van der Waals surface area contributed by atoms with Crippen molar-refractivity contribution in [2.24, 2.45) is 0 Å². The molecule has 1 aliphatic rings. The van der Waals surface area contributed by atoms with Crippen LogP contribution in [-0.2, 0) is 13.6 Å². The maximum absolute atomic E-state index is 11.6. The third-order valence-corrected chi connectivity index (χ3v) is 5.43. The number of urea groups is 1. The molecule has 0 aromatic heterocycles. The van der Waals surface area contributed by atoms with Crippen molar-refractivity contribution >= 4 is 25.7 Å². The molecule has 2 amide bonds. The van der Waals surface area contributed by atoms with Crippen molar-refractivity contribution in [3.8, 4) is 0 Å². The molecule has 0 radical (unpaired) electrons. The summed E-state index contributed by atoms with van der Waals surface area (Å²) in [7, 11) is -2.52. The number of carbonyl (C=O) groups excluding carboxylic acids is 1. The van der Waals surface area contributed by atoms with Gasteiger partial charge in [-0.3, -0.25) is 0 Å². The molecule has 10 nitrogen and oxygen atoms in total. The average molecular weight is 360 g/mol. The molecule has 1 fully saturated rings. The third kappa shape index (κ3) is 5.87. The highest BCUT2D eigenvalue weighted by molar-refractivity contribution is 8.71. The molecule has 0 unspecified atom stereocenters. The normalized spacial score (nSPS) is 32.5. The number of ether oxygens (including phenoxy) is 1. The summed E-state index contributed by atoms with van der Waals surface area (Å²) in [5.41, 5.74) is 0. The Balaban J connectivity index is 2.42. The van der Waals surface area contributed by atoms with E-state index in [4.69, 9.17) is 9.84 Å². The first-order valence-electron chi connectivity index (χ1n) is 6.35. The molecular formula is C10H20N2O8S2. The molecule has 130 valence electrons. The van der Waals surface area contributed by atoms with Crippen molar-refractivity contribution in [2.45, 2.75) is 30.6 Å². The van der Waals surface area contributed by atoms with E-state index in [0.717, 1.165) is 6.26 Å². The van der Waals surface area contributed by atoms with Gasteiger partial charge in [-0.2, -0.15) is 0 Å². The number of aliphatic hydroxyl groups excluding tert-OH is 4. The lowest BCUT2D eigenvalue weighted by Gasteiger charge is -2.40. The summed E-state index contributed by atoms with van der Waals surface area (Å²) < 4.78 is 26.8. The highest BCUT2D eigenvalue weighted by Crippen LogP contribution is 2.19. The molecule has 0 bridgehead atoms. The van der Waals surface area contributed by atoms with Crippen LogP contribution in [0, 0.1) is 0 Å².